The molecule has 0 radical (unpaired) electrons. The first-order valence-corrected chi connectivity index (χ1v) is 8.79. The fourth-order valence-corrected chi connectivity index (χ4v) is 2.80. The maximum Gasteiger partial charge on any atom is 0.416 e. The van der Waals surface area contributed by atoms with Gasteiger partial charge in [0.25, 0.3) is 0 Å². The molecule has 1 aliphatic rings. The first-order chi connectivity index (χ1) is 12.8. The third-order valence-electron chi connectivity index (χ3n) is 4.28. The number of morpholine rings is 1. The summed E-state index contributed by atoms with van der Waals surface area (Å²) in [7, 11) is 0. The molecule has 6 nitrogen and oxygen atoms in total. The van der Waals surface area contributed by atoms with Crippen LogP contribution in [0.3, 0.4) is 0 Å². The standard InChI is InChI=1S/C18H24F3N3O3/c1-14(25)24(16-4-2-3-15(13-16)18(19,20)21)7-5-17(26)22-6-8-23-9-11-27-12-10-23/h2-4,13H,5-12H2,1H3,(H,22,26). The van der Waals surface area contributed by atoms with Gasteiger partial charge in [-0.2, -0.15) is 13.2 Å². The van der Waals surface area contributed by atoms with Crippen LogP contribution < -0.4 is 10.2 Å². The van der Waals surface area contributed by atoms with Crippen molar-refractivity contribution >= 4 is 17.5 Å². The second-order valence-corrected chi connectivity index (χ2v) is 6.27. The van der Waals surface area contributed by atoms with Crippen LogP contribution in [0.5, 0.6) is 0 Å². The lowest BCUT2D eigenvalue weighted by Crippen LogP contribution is -2.42. The largest absolute Gasteiger partial charge is 0.416 e. The summed E-state index contributed by atoms with van der Waals surface area (Å²) in [4.78, 5) is 27.2. The van der Waals surface area contributed by atoms with E-state index in [4.69, 9.17) is 4.74 Å². The van der Waals surface area contributed by atoms with Crippen molar-refractivity contribution in [1.29, 1.82) is 0 Å². The molecule has 27 heavy (non-hydrogen) atoms. The molecule has 1 fully saturated rings. The van der Waals surface area contributed by atoms with E-state index in [0.717, 1.165) is 25.2 Å². The maximum atomic E-state index is 12.9. The number of hydrogen-bond donors (Lipinski definition) is 1. The SMILES string of the molecule is CC(=O)N(CCC(=O)NCCN1CCOCC1)c1cccc(C(F)(F)F)c1. The Hall–Kier alpha value is -2.13. The van der Waals surface area contributed by atoms with Crippen LogP contribution in [-0.4, -0.2) is 62.7 Å². The normalized spacial score (nSPS) is 15.4. The molecule has 0 unspecified atom stereocenters. The van der Waals surface area contributed by atoms with Gasteiger partial charge in [0.1, 0.15) is 0 Å². The highest BCUT2D eigenvalue weighted by Crippen LogP contribution is 2.31. The Labute approximate surface area is 156 Å². The topological polar surface area (TPSA) is 61.9 Å². The predicted octanol–water partition coefficient (Wildman–Crippen LogP) is 1.90. The second kappa shape index (κ2) is 9.70. The fourth-order valence-electron chi connectivity index (χ4n) is 2.80. The van der Waals surface area contributed by atoms with E-state index in [9.17, 15) is 22.8 Å². The summed E-state index contributed by atoms with van der Waals surface area (Å²) in [6, 6.07) is 4.53. The van der Waals surface area contributed by atoms with Crippen molar-refractivity contribution in [2.45, 2.75) is 19.5 Å². The Morgan fingerprint density at radius 2 is 1.96 bits per heavy atom. The molecule has 150 valence electrons. The molecular formula is C18H24F3N3O3. The zero-order chi connectivity index (χ0) is 19.9. The molecule has 1 heterocycles. The number of rotatable bonds is 7. The zero-order valence-electron chi connectivity index (χ0n) is 15.2. The van der Waals surface area contributed by atoms with Gasteiger partial charge in [-0.15, -0.1) is 0 Å². The van der Waals surface area contributed by atoms with Gasteiger partial charge in [-0.3, -0.25) is 14.5 Å². The summed E-state index contributed by atoms with van der Waals surface area (Å²) in [6.07, 6.45) is -4.48. The van der Waals surface area contributed by atoms with Crippen molar-refractivity contribution in [3.8, 4) is 0 Å². The molecule has 0 atom stereocenters. The first-order valence-electron chi connectivity index (χ1n) is 8.79. The summed E-state index contributed by atoms with van der Waals surface area (Å²) >= 11 is 0. The molecule has 9 heteroatoms. The van der Waals surface area contributed by atoms with Crippen molar-refractivity contribution < 1.29 is 27.5 Å². The molecular weight excluding hydrogens is 363 g/mol. The lowest BCUT2D eigenvalue weighted by molar-refractivity contribution is -0.137. The molecule has 1 N–H and O–H groups in total. The number of alkyl halides is 3. The quantitative estimate of drug-likeness (QED) is 0.776. The number of amides is 2. The molecule has 0 saturated carbocycles. The Bertz CT molecular complexity index is 646. The monoisotopic (exact) mass is 387 g/mol. The molecule has 1 saturated heterocycles. The first kappa shape index (κ1) is 21.2. The lowest BCUT2D eigenvalue weighted by atomic mass is 10.1. The Morgan fingerprint density at radius 3 is 2.59 bits per heavy atom. The van der Waals surface area contributed by atoms with Gasteiger partial charge in [-0.1, -0.05) is 6.07 Å². The minimum absolute atomic E-state index is 0.0128. The van der Waals surface area contributed by atoms with Crippen LogP contribution in [0.1, 0.15) is 18.9 Å². The number of hydrogen-bond acceptors (Lipinski definition) is 4. The number of halogens is 3. The van der Waals surface area contributed by atoms with Crippen molar-refractivity contribution in [3.63, 3.8) is 0 Å². The van der Waals surface area contributed by atoms with Gasteiger partial charge in [0, 0.05) is 51.8 Å². The molecule has 0 aliphatic carbocycles. The third kappa shape index (κ3) is 6.84. The Morgan fingerprint density at radius 1 is 1.26 bits per heavy atom. The van der Waals surface area contributed by atoms with Crippen LogP contribution in [0.2, 0.25) is 0 Å². The predicted molar refractivity (Wildman–Crippen MR) is 94.4 cm³/mol. The number of carbonyl (C=O) groups is 2. The minimum atomic E-state index is -4.49. The molecule has 0 aromatic heterocycles. The van der Waals surface area contributed by atoms with E-state index in [-0.39, 0.29) is 24.6 Å². The van der Waals surface area contributed by atoms with Gasteiger partial charge in [0.15, 0.2) is 0 Å². The maximum absolute atomic E-state index is 12.9. The van der Waals surface area contributed by atoms with E-state index < -0.39 is 17.6 Å². The van der Waals surface area contributed by atoms with Crippen molar-refractivity contribution in [1.82, 2.24) is 10.2 Å². The highest BCUT2D eigenvalue weighted by molar-refractivity contribution is 5.92. The van der Waals surface area contributed by atoms with Crippen LogP contribution >= 0.6 is 0 Å². The van der Waals surface area contributed by atoms with Crippen molar-refractivity contribution in [3.05, 3.63) is 29.8 Å². The van der Waals surface area contributed by atoms with Crippen LogP contribution in [0.15, 0.2) is 24.3 Å². The lowest BCUT2D eigenvalue weighted by Gasteiger charge is -2.26. The van der Waals surface area contributed by atoms with Crippen LogP contribution in [0.4, 0.5) is 18.9 Å². The van der Waals surface area contributed by atoms with Gasteiger partial charge >= 0.3 is 6.18 Å². The molecule has 2 rings (SSSR count). The van der Waals surface area contributed by atoms with E-state index in [0.29, 0.717) is 26.3 Å². The van der Waals surface area contributed by atoms with Gasteiger partial charge in [-0.05, 0) is 18.2 Å². The highest BCUT2D eigenvalue weighted by atomic mass is 19.4. The number of carbonyl (C=O) groups excluding carboxylic acids is 2. The van der Waals surface area contributed by atoms with Gasteiger partial charge < -0.3 is 15.0 Å². The average Bonchev–Trinajstić information content (AvgIpc) is 2.62. The molecule has 0 bridgehead atoms. The summed E-state index contributed by atoms with van der Waals surface area (Å²) in [5.74, 6) is -0.670. The van der Waals surface area contributed by atoms with Gasteiger partial charge in [0.2, 0.25) is 11.8 Å². The van der Waals surface area contributed by atoms with Crippen LogP contribution in [0.25, 0.3) is 0 Å². The van der Waals surface area contributed by atoms with E-state index in [1.165, 1.54) is 24.0 Å². The minimum Gasteiger partial charge on any atom is -0.379 e. The molecule has 1 aliphatic heterocycles. The van der Waals surface area contributed by atoms with Crippen LogP contribution in [-0.2, 0) is 20.5 Å². The van der Waals surface area contributed by atoms with Crippen LogP contribution in [0, 0.1) is 0 Å². The molecule has 2 amide bonds. The summed E-state index contributed by atoms with van der Waals surface area (Å²) < 4.78 is 43.8. The van der Waals surface area contributed by atoms with E-state index in [2.05, 4.69) is 10.2 Å². The van der Waals surface area contributed by atoms with Gasteiger partial charge in [-0.25, -0.2) is 0 Å². The van der Waals surface area contributed by atoms with Crippen molar-refractivity contribution in [2.24, 2.45) is 0 Å². The molecule has 1 aromatic rings. The molecule has 1 aromatic carbocycles. The summed E-state index contributed by atoms with van der Waals surface area (Å²) in [5.41, 5.74) is -0.709. The number of benzene rings is 1. The number of anilines is 1. The van der Waals surface area contributed by atoms with Gasteiger partial charge in [0.05, 0.1) is 18.8 Å². The number of nitrogens with zero attached hydrogens (tertiary/aromatic N) is 2. The van der Waals surface area contributed by atoms with E-state index >= 15 is 0 Å². The second-order valence-electron chi connectivity index (χ2n) is 6.27. The average molecular weight is 387 g/mol. The zero-order valence-corrected chi connectivity index (χ0v) is 15.2. The molecule has 0 spiro atoms. The number of ether oxygens (including phenoxy) is 1. The fraction of sp³-hybridized carbons (Fsp3) is 0.556. The number of nitrogens with one attached hydrogen (secondary N) is 1. The summed E-state index contributed by atoms with van der Waals surface area (Å²) in [6.45, 7) is 5.46. The van der Waals surface area contributed by atoms with E-state index in [1.807, 2.05) is 0 Å². The third-order valence-corrected chi connectivity index (χ3v) is 4.28. The Balaban J connectivity index is 1.85. The smallest absolute Gasteiger partial charge is 0.379 e. The van der Waals surface area contributed by atoms with Crippen molar-refractivity contribution in [2.75, 3.05) is 50.8 Å². The van der Waals surface area contributed by atoms with E-state index in [1.54, 1.807) is 0 Å². The Kier molecular flexibility index (Phi) is 7.61. The summed E-state index contributed by atoms with van der Waals surface area (Å²) in [5, 5.41) is 2.77. The highest BCUT2D eigenvalue weighted by Gasteiger charge is 2.31.